The summed E-state index contributed by atoms with van der Waals surface area (Å²) in [5.41, 5.74) is 1.75. The predicted molar refractivity (Wildman–Crippen MR) is 76.1 cm³/mol. The summed E-state index contributed by atoms with van der Waals surface area (Å²) in [4.78, 5) is 4.38. The van der Waals surface area contributed by atoms with Crippen LogP contribution in [0.5, 0.6) is 0 Å². The van der Waals surface area contributed by atoms with E-state index in [0.29, 0.717) is 38.0 Å². The van der Waals surface area contributed by atoms with Crippen molar-refractivity contribution in [3.8, 4) is 11.5 Å². The molecule has 0 aliphatic carbocycles. The van der Waals surface area contributed by atoms with Crippen LogP contribution < -0.4 is 5.32 Å². The van der Waals surface area contributed by atoms with Crippen molar-refractivity contribution in [2.24, 2.45) is 0 Å². The van der Waals surface area contributed by atoms with Gasteiger partial charge in [0.1, 0.15) is 5.00 Å². The van der Waals surface area contributed by atoms with E-state index in [-0.39, 0.29) is 0 Å². The first-order valence-corrected chi connectivity index (χ1v) is 7.07. The number of nitrogens with zero attached hydrogens (tertiary/aromatic N) is 3. The van der Waals surface area contributed by atoms with Gasteiger partial charge >= 0.3 is 0 Å². The molecule has 0 aliphatic rings. The summed E-state index contributed by atoms with van der Waals surface area (Å²) in [5, 5.41) is 7.96. The largest absolute Gasteiger partial charge is 0.382 e. The minimum absolute atomic E-state index is 0.493. The third-order valence-corrected chi connectivity index (χ3v) is 3.63. The van der Waals surface area contributed by atoms with E-state index in [1.807, 2.05) is 14.0 Å². The molecule has 0 unspecified atom stereocenters. The molecular weight excluding hydrogens is 280 g/mol. The Morgan fingerprint density at radius 2 is 2.15 bits per heavy atom. The zero-order chi connectivity index (χ0) is 14.4. The molecule has 0 saturated heterocycles. The Hall–Kier alpha value is -1.51. The maximum absolute atomic E-state index is 5.38. The molecule has 2 aromatic heterocycles. The maximum atomic E-state index is 5.38. The van der Waals surface area contributed by atoms with Crippen LogP contribution in [-0.2, 0) is 15.9 Å². The van der Waals surface area contributed by atoms with E-state index in [0.717, 1.165) is 16.3 Å². The van der Waals surface area contributed by atoms with E-state index in [1.165, 1.54) is 11.5 Å². The van der Waals surface area contributed by atoms with E-state index < -0.39 is 0 Å². The first-order valence-electron chi connectivity index (χ1n) is 6.30. The van der Waals surface area contributed by atoms with Crippen LogP contribution in [0.1, 0.15) is 11.5 Å². The summed E-state index contributed by atoms with van der Waals surface area (Å²) in [6, 6.07) is 0. The number of hydrogen-bond donors (Lipinski definition) is 1. The topological polar surface area (TPSA) is 82.3 Å². The second-order valence-corrected chi connectivity index (χ2v) is 4.87. The van der Waals surface area contributed by atoms with E-state index in [2.05, 4.69) is 19.8 Å². The van der Waals surface area contributed by atoms with Crippen LogP contribution >= 0.6 is 11.5 Å². The van der Waals surface area contributed by atoms with Gasteiger partial charge in [-0.15, -0.1) is 0 Å². The SMILES string of the molecule is CNc1snc(C)c1-c1nc(CCOCCOC)no1. The standard InChI is InChI=1S/C12H18N4O3S/c1-8-10(12(13-2)20-16-8)11-14-9(15-19-11)4-5-18-7-6-17-3/h13H,4-7H2,1-3H3. The van der Waals surface area contributed by atoms with Crippen molar-refractivity contribution in [1.29, 1.82) is 0 Å². The number of aromatic nitrogens is 3. The van der Waals surface area contributed by atoms with Crippen molar-refractivity contribution in [2.75, 3.05) is 39.3 Å². The van der Waals surface area contributed by atoms with Crippen LogP contribution in [0.2, 0.25) is 0 Å². The Morgan fingerprint density at radius 3 is 2.90 bits per heavy atom. The number of nitrogens with one attached hydrogen (secondary N) is 1. The van der Waals surface area contributed by atoms with Crippen molar-refractivity contribution in [2.45, 2.75) is 13.3 Å². The fourth-order valence-electron chi connectivity index (χ4n) is 1.66. The number of rotatable bonds is 8. The third-order valence-electron chi connectivity index (χ3n) is 2.67. The van der Waals surface area contributed by atoms with Gasteiger partial charge in [0.2, 0.25) is 0 Å². The Kier molecular flexibility index (Phi) is 5.45. The van der Waals surface area contributed by atoms with Crippen molar-refractivity contribution >= 4 is 16.5 Å². The molecule has 0 aliphatic heterocycles. The molecule has 1 N–H and O–H groups in total. The van der Waals surface area contributed by atoms with Gasteiger partial charge in [0.05, 0.1) is 31.1 Å². The van der Waals surface area contributed by atoms with Gasteiger partial charge in [-0.05, 0) is 18.5 Å². The lowest BCUT2D eigenvalue weighted by Gasteiger charge is -2.00. The lowest BCUT2D eigenvalue weighted by atomic mass is 10.2. The second-order valence-electron chi connectivity index (χ2n) is 4.09. The molecule has 0 bridgehead atoms. The lowest BCUT2D eigenvalue weighted by molar-refractivity contribution is 0.0714. The molecular formula is C12H18N4O3S. The van der Waals surface area contributed by atoms with Crippen LogP contribution in [0.25, 0.3) is 11.5 Å². The molecule has 0 atom stereocenters. The fraction of sp³-hybridized carbons (Fsp3) is 0.583. The highest BCUT2D eigenvalue weighted by Crippen LogP contribution is 2.33. The van der Waals surface area contributed by atoms with Gasteiger partial charge < -0.3 is 19.3 Å². The van der Waals surface area contributed by atoms with E-state index >= 15 is 0 Å². The molecule has 110 valence electrons. The maximum Gasteiger partial charge on any atom is 0.262 e. The predicted octanol–water partition coefficient (Wildman–Crippen LogP) is 1.75. The molecule has 0 amide bonds. The molecule has 0 radical (unpaired) electrons. The highest BCUT2D eigenvalue weighted by molar-refractivity contribution is 7.10. The summed E-state index contributed by atoms with van der Waals surface area (Å²) in [7, 11) is 3.49. The molecule has 2 heterocycles. The first-order chi connectivity index (χ1) is 9.76. The van der Waals surface area contributed by atoms with E-state index in [1.54, 1.807) is 7.11 Å². The quantitative estimate of drug-likeness (QED) is 0.743. The van der Waals surface area contributed by atoms with Gasteiger partial charge in [0.25, 0.3) is 5.89 Å². The molecule has 20 heavy (non-hydrogen) atoms. The van der Waals surface area contributed by atoms with Gasteiger partial charge in [0.15, 0.2) is 5.82 Å². The third kappa shape index (κ3) is 3.53. The molecule has 7 nitrogen and oxygen atoms in total. The Balaban J connectivity index is 1.96. The molecule has 0 saturated carbocycles. The van der Waals surface area contributed by atoms with Crippen molar-refractivity contribution in [3.05, 3.63) is 11.5 Å². The highest BCUT2D eigenvalue weighted by atomic mass is 32.1. The van der Waals surface area contributed by atoms with Gasteiger partial charge in [-0.25, -0.2) is 0 Å². The van der Waals surface area contributed by atoms with Gasteiger partial charge in [-0.1, -0.05) is 5.16 Å². The van der Waals surface area contributed by atoms with E-state index in [9.17, 15) is 0 Å². The average Bonchev–Trinajstić information content (AvgIpc) is 3.04. The minimum atomic E-state index is 0.493. The number of aryl methyl sites for hydroxylation is 1. The van der Waals surface area contributed by atoms with Crippen LogP contribution in [0, 0.1) is 6.92 Å². The molecule has 0 spiro atoms. The summed E-state index contributed by atoms with van der Waals surface area (Å²) in [6.45, 7) is 3.62. The lowest BCUT2D eigenvalue weighted by Crippen LogP contribution is -2.05. The normalized spacial score (nSPS) is 10.9. The molecule has 8 heteroatoms. The summed E-state index contributed by atoms with van der Waals surface area (Å²) in [5.74, 6) is 1.12. The van der Waals surface area contributed by atoms with Crippen LogP contribution in [0.3, 0.4) is 0 Å². The Morgan fingerprint density at radius 1 is 1.30 bits per heavy atom. The van der Waals surface area contributed by atoms with Gasteiger partial charge in [0, 0.05) is 20.6 Å². The van der Waals surface area contributed by atoms with Crippen LogP contribution in [0.15, 0.2) is 4.52 Å². The Labute approximate surface area is 121 Å². The molecule has 2 rings (SSSR count). The zero-order valence-electron chi connectivity index (χ0n) is 11.8. The van der Waals surface area contributed by atoms with E-state index in [4.69, 9.17) is 14.0 Å². The fourth-order valence-corrected chi connectivity index (χ4v) is 2.39. The molecule has 0 aromatic carbocycles. The number of methoxy groups -OCH3 is 1. The smallest absolute Gasteiger partial charge is 0.262 e. The first kappa shape index (κ1) is 14.9. The van der Waals surface area contributed by atoms with Crippen molar-refractivity contribution < 1.29 is 14.0 Å². The summed E-state index contributed by atoms with van der Waals surface area (Å²) in [6.07, 6.45) is 0.610. The van der Waals surface area contributed by atoms with Crippen molar-refractivity contribution in [3.63, 3.8) is 0 Å². The monoisotopic (exact) mass is 298 g/mol. The highest BCUT2D eigenvalue weighted by Gasteiger charge is 2.18. The average molecular weight is 298 g/mol. The second kappa shape index (κ2) is 7.32. The molecule has 2 aromatic rings. The zero-order valence-corrected chi connectivity index (χ0v) is 12.6. The number of ether oxygens (including phenoxy) is 2. The minimum Gasteiger partial charge on any atom is -0.382 e. The van der Waals surface area contributed by atoms with Crippen LogP contribution in [0.4, 0.5) is 5.00 Å². The summed E-state index contributed by atoms with van der Waals surface area (Å²) >= 11 is 1.38. The van der Waals surface area contributed by atoms with Gasteiger partial charge in [-0.3, -0.25) is 0 Å². The molecule has 0 fully saturated rings. The Bertz CT molecular complexity index is 541. The van der Waals surface area contributed by atoms with Crippen LogP contribution in [-0.4, -0.2) is 48.5 Å². The number of hydrogen-bond acceptors (Lipinski definition) is 8. The van der Waals surface area contributed by atoms with Gasteiger partial charge in [-0.2, -0.15) is 9.36 Å². The number of anilines is 1. The summed E-state index contributed by atoms with van der Waals surface area (Å²) < 4.78 is 19.9. The van der Waals surface area contributed by atoms with Crippen molar-refractivity contribution in [1.82, 2.24) is 14.5 Å².